The summed E-state index contributed by atoms with van der Waals surface area (Å²) in [6, 6.07) is 23.6. The van der Waals surface area contributed by atoms with Crippen molar-refractivity contribution in [3.63, 3.8) is 0 Å². The smallest absolute Gasteiger partial charge is 0.258 e. The molecule has 0 bridgehead atoms. The van der Waals surface area contributed by atoms with E-state index in [1.165, 1.54) is 53.4 Å². The van der Waals surface area contributed by atoms with Crippen LogP contribution in [0.2, 0.25) is 0 Å². The molecule has 4 aromatic rings. The van der Waals surface area contributed by atoms with Gasteiger partial charge in [0.1, 0.15) is 17.5 Å². The summed E-state index contributed by atoms with van der Waals surface area (Å²) in [4.78, 5) is 27.0. The largest absolute Gasteiger partial charge is 0.326 e. The molecule has 0 aliphatic heterocycles. The fourth-order valence-corrected chi connectivity index (χ4v) is 3.63. The molecule has 4 rings (SSSR count). The van der Waals surface area contributed by atoms with Gasteiger partial charge in [-0.2, -0.15) is 0 Å². The zero-order valence-electron chi connectivity index (χ0n) is 18.5. The Morgan fingerprint density at radius 1 is 0.686 bits per heavy atom. The Hall–Kier alpha value is -4.39. The van der Waals surface area contributed by atoms with Crippen molar-refractivity contribution in [2.75, 3.05) is 10.2 Å². The molecule has 0 saturated carbocycles. The third-order valence-electron chi connectivity index (χ3n) is 5.27. The third kappa shape index (κ3) is 6.35. The first kappa shape index (κ1) is 23.8. The lowest BCUT2D eigenvalue weighted by Gasteiger charge is -2.23. The molecular weight excluding hydrogens is 453 g/mol. The van der Waals surface area contributed by atoms with Gasteiger partial charge >= 0.3 is 0 Å². The number of carbonyl (C=O) groups excluding carboxylic acids is 2. The van der Waals surface area contributed by atoms with Crippen LogP contribution in [0.15, 0.2) is 97.1 Å². The van der Waals surface area contributed by atoms with Crippen LogP contribution in [0.5, 0.6) is 0 Å². The van der Waals surface area contributed by atoms with Crippen LogP contribution in [0.1, 0.15) is 21.5 Å². The molecule has 0 aromatic heterocycles. The zero-order valence-corrected chi connectivity index (χ0v) is 18.5. The predicted molar refractivity (Wildman–Crippen MR) is 128 cm³/mol. The number of anilines is 2. The fraction of sp³-hybridized carbons (Fsp3) is 0.0714. The van der Waals surface area contributed by atoms with E-state index in [0.29, 0.717) is 22.5 Å². The minimum absolute atomic E-state index is 0.0402. The van der Waals surface area contributed by atoms with Crippen LogP contribution < -0.4 is 10.2 Å². The number of hydrogen-bond acceptors (Lipinski definition) is 2. The standard InChI is InChI=1S/C28H21F3N2O2/c29-22-6-1-4-20(14-22)18-33(28(35)21-5-2-7-23(30)16-21)26-12-10-19(11-13-26)15-27(34)32-25-9-3-8-24(31)17-25/h1-14,16-17H,15,18H2,(H,32,34). The summed E-state index contributed by atoms with van der Waals surface area (Å²) >= 11 is 0. The molecule has 1 N–H and O–H groups in total. The maximum atomic E-state index is 13.7. The molecule has 35 heavy (non-hydrogen) atoms. The van der Waals surface area contributed by atoms with E-state index in [2.05, 4.69) is 5.32 Å². The molecule has 0 fully saturated rings. The molecular formula is C28H21F3N2O2. The highest BCUT2D eigenvalue weighted by Crippen LogP contribution is 2.22. The van der Waals surface area contributed by atoms with Crippen molar-refractivity contribution in [3.8, 4) is 0 Å². The first-order chi connectivity index (χ1) is 16.9. The monoisotopic (exact) mass is 474 g/mol. The summed E-state index contributed by atoms with van der Waals surface area (Å²) in [5.41, 5.74) is 2.24. The van der Waals surface area contributed by atoms with Crippen LogP contribution in [0, 0.1) is 17.5 Å². The van der Waals surface area contributed by atoms with Crippen molar-refractivity contribution in [3.05, 3.63) is 131 Å². The summed E-state index contributed by atoms with van der Waals surface area (Å²) in [5.74, 6) is -2.20. The normalized spacial score (nSPS) is 10.6. The van der Waals surface area contributed by atoms with Gasteiger partial charge < -0.3 is 10.2 Å². The van der Waals surface area contributed by atoms with Gasteiger partial charge in [-0.05, 0) is 71.8 Å². The summed E-state index contributed by atoms with van der Waals surface area (Å²) in [6.07, 6.45) is 0.0402. The van der Waals surface area contributed by atoms with Crippen LogP contribution in [-0.2, 0) is 17.8 Å². The number of rotatable bonds is 7. The lowest BCUT2D eigenvalue weighted by atomic mass is 10.1. The van der Waals surface area contributed by atoms with E-state index in [9.17, 15) is 22.8 Å². The molecule has 0 heterocycles. The van der Waals surface area contributed by atoms with Crippen molar-refractivity contribution < 1.29 is 22.8 Å². The zero-order chi connectivity index (χ0) is 24.8. The van der Waals surface area contributed by atoms with Crippen molar-refractivity contribution in [2.24, 2.45) is 0 Å². The Kier molecular flexibility index (Phi) is 7.26. The number of halogens is 3. The number of nitrogens with zero attached hydrogens (tertiary/aromatic N) is 1. The fourth-order valence-electron chi connectivity index (χ4n) is 3.63. The molecule has 0 aliphatic carbocycles. The number of amides is 2. The van der Waals surface area contributed by atoms with Crippen LogP contribution in [-0.4, -0.2) is 11.8 Å². The summed E-state index contributed by atoms with van der Waals surface area (Å²) < 4.78 is 40.8. The van der Waals surface area contributed by atoms with Crippen molar-refractivity contribution in [2.45, 2.75) is 13.0 Å². The van der Waals surface area contributed by atoms with Gasteiger partial charge in [0.2, 0.25) is 5.91 Å². The Morgan fingerprint density at radius 3 is 1.97 bits per heavy atom. The second-order valence-electron chi connectivity index (χ2n) is 7.93. The number of hydrogen-bond donors (Lipinski definition) is 1. The number of benzene rings is 4. The van der Waals surface area contributed by atoms with Crippen molar-refractivity contribution in [1.82, 2.24) is 0 Å². The Morgan fingerprint density at radius 2 is 1.31 bits per heavy atom. The molecule has 0 atom stereocenters. The summed E-state index contributed by atoms with van der Waals surface area (Å²) in [6.45, 7) is 0.0620. The van der Waals surface area contributed by atoms with Gasteiger partial charge in [0.05, 0.1) is 13.0 Å². The second kappa shape index (κ2) is 10.7. The molecule has 4 nitrogen and oxygen atoms in total. The highest BCUT2D eigenvalue weighted by atomic mass is 19.1. The first-order valence-corrected chi connectivity index (χ1v) is 10.8. The van der Waals surface area contributed by atoms with Crippen molar-refractivity contribution >= 4 is 23.2 Å². The van der Waals surface area contributed by atoms with Gasteiger partial charge in [0, 0.05) is 16.9 Å². The summed E-state index contributed by atoms with van der Waals surface area (Å²) in [7, 11) is 0. The molecule has 0 radical (unpaired) electrons. The maximum Gasteiger partial charge on any atom is 0.258 e. The lowest BCUT2D eigenvalue weighted by Crippen LogP contribution is -2.30. The molecule has 0 spiro atoms. The van der Waals surface area contributed by atoms with Gasteiger partial charge in [0.15, 0.2) is 0 Å². The summed E-state index contributed by atoms with van der Waals surface area (Å²) in [5, 5.41) is 2.64. The van der Waals surface area contributed by atoms with Crippen LogP contribution in [0.25, 0.3) is 0 Å². The van der Waals surface area contributed by atoms with E-state index in [1.807, 2.05) is 0 Å². The minimum Gasteiger partial charge on any atom is -0.326 e. The molecule has 4 aromatic carbocycles. The molecule has 0 saturated heterocycles. The highest BCUT2D eigenvalue weighted by Gasteiger charge is 2.19. The quantitative estimate of drug-likeness (QED) is 0.350. The Bertz CT molecular complexity index is 1360. The Labute approximate surface area is 200 Å². The molecule has 7 heteroatoms. The van der Waals surface area contributed by atoms with Gasteiger partial charge in [-0.1, -0.05) is 36.4 Å². The SMILES string of the molecule is O=C(Cc1ccc(N(Cc2cccc(F)c2)C(=O)c2cccc(F)c2)cc1)Nc1cccc(F)c1. The topological polar surface area (TPSA) is 49.4 Å². The molecule has 2 amide bonds. The van der Waals surface area contributed by atoms with Crippen LogP contribution >= 0.6 is 0 Å². The number of nitrogens with one attached hydrogen (secondary N) is 1. The van der Waals surface area contributed by atoms with E-state index in [1.54, 1.807) is 42.5 Å². The minimum atomic E-state index is -0.541. The van der Waals surface area contributed by atoms with E-state index in [4.69, 9.17) is 0 Å². The third-order valence-corrected chi connectivity index (χ3v) is 5.27. The van der Waals surface area contributed by atoms with E-state index >= 15 is 0 Å². The highest BCUT2D eigenvalue weighted by molar-refractivity contribution is 6.06. The maximum absolute atomic E-state index is 13.7. The van der Waals surface area contributed by atoms with Gasteiger partial charge in [-0.3, -0.25) is 9.59 Å². The molecule has 0 aliphatic rings. The van der Waals surface area contributed by atoms with Crippen molar-refractivity contribution in [1.29, 1.82) is 0 Å². The molecule has 176 valence electrons. The van der Waals surface area contributed by atoms with Crippen LogP contribution in [0.4, 0.5) is 24.5 Å². The molecule has 0 unspecified atom stereocenters. The van der Waals surface area contributed by atoms with E-state index < -0.39 is 23.4 Å². The Balaban J connectivity index is 1.54. The van der Waals surface area contributed by atoms with Gasteiger partial charge in [-0.25, -0.2) is 13.2 Å². The van der Waals surface area contributed by atoms with Gasteiger partial charge in [-0.15, -0.1) is 0 Å². The second-order valence-corrected chi connectivity index (χ2v) is 7.93. The van der Waals surface area contributed by atoms with E-state index in [-0.39, 0.29) is 24.4 Å². The first-order valence-electron chi connectivity index (χ1n) is 10.8. The van der Waals surface area contributed by atoms with E-state index in [0.717, 1.165) is 6.07 Å². The predicted octanol–water partition coefficient (Wildman–Crippen LogP) is 6.13. The average Bonchev–Trinajstić information content (AvgIpc) is 2.83. The van der Waals surface area contributed by atoms with Gasteiger partial charge in [0.25, 0.3) is 5.91 Å². The van der Waals surface area contributed by atoms with Crippen LogP contribution in [0.3, 0.4) is 0 Å². The average molecular weight is 474 g/mol. The number of carbonyl (C=O) groups is 2. The lowest BCUT2D eigenvalue weighted by molar-refractivity contribution is -0.115.